The number of anilines is 3. The third-order valence-corrected chi connectivity index (χ3v) is 6.97. The molecule has 1 fully saturated rings. The maximum atomic E-state index is 14.6. The Labute approximate surface area is 254 Å². The summed E-state index contributed by atoms with van der Waals surface area (Å²) in [5, 5.41) is 11.6. The van der Waals surface area contributed by atoms with Crippen molar-refractivity contribution in [1.82, 2.24) is 15.1 Å². The zero-order valence-corrected chi connectivity index (χ0v) is 24.4. The fourth-order valence-electron chi connectivity index (χ4n) is 4.57. The molecule has 1 saturated heterocycles. The number of piperazine rings is 1. The van der Waals surface area contributed by atoms with Crippen LogP contribution in [0.15, 0.2) is 43.0 Å². The number of methoxy groups -OCH3 is 2. The van der Waals surface area contributed by atoms with Crippen molar-refractivity contribution >= 4 is 29.0 Å². The van der Waals surface area contributed by atoms with Crippen LogP contribution < -0.4 is 29.7 Å². The van der Waals surface area contributed by atoms with Crippen molar-refractivity contribution in [2.45, 2.75) is 19.2 Å². The Hall–Kier alpha value is -4.86. The molecule has 2 heterocycles. The number of H-pyrrole nitrogens is 1. The zero-order chi connectivity index (χ0) is 32.7. The average Bonchev–Trinajstić information content (AvgIpc) is 3.46. The summed E-state index contributed by atoms with van der Waals surface area (Å²) in [7, 11) is 2.44. The van der Waals surface area contributed by atoms with E-state index < -0.39 is 48.2 Å². The Balaban J connectivity index is 1.44. The van der Waals surface area contributed by atoms with E-state index in [4.69, 9.17) is 14.2 Å². The molecule has 0 saturated carbocycles. The van der Waals surface area contributed by atoms with Gasteiger partial charge in [0.25, 0.3) is 5.91 Å². The number of hydrogen-bond donors (Lipinski definition) is 3. The van der Waals surface area contributed by atoms with Gasteiger partial charge in [-0.25, -0.2) is 8.78 Å². The Morgan fingerprint density at radius 2 is 1.69 bits per heavy atom. The first kappa shape index (κ1) is 33.0. The van der Waals surface area contributed by atoms with E-state index in [1.807, 2.05) is 4.90 Å². The molecule has 45 heavy (non-hydrogen) atoms. The molecule has 0 aliphatic carbocycles. The summed E-state index contributed by atoms with van der Waals surface area (Å²) in [5.41, 5.74) is 0.461. The van der Waals surface area contributed by atoms with Crippen LogP contribution in [0.4, 0.5) is 39.1 Å². The first-order valence-corrected chi connectivity index (χ1v) is 13.6. The molecular weight excluding hydrogens is 607 g/mol. The number of alkyl halides is 3. The number of aromatic nitrogens is 2. The predicted molar refractivity (Wildman–Crippen MR) is 155 cm³/mol. The normalized spacial score (nSPS) is 13.7. The lowest BCUT2D eigenvalue weighted by atomic mass is 10.1. The molecule has 1 aliphatic heterocycles. The SMILES string of the molecule is C=CC(=O)Nc1cc(N2CCN(CCC(F)(F)F)CC2)ccc1C(=O)Nc1cc(OCc2c(F)c(OC)cc(OC)c2F)n[nH]1. The molecule has 2 aromatic carbocycles. The van der Waals surface area contributed by atoms with Crippen LogP contribution in [-0.4, -0.2) is 80.0 Å². The fraction of sp³-hybridized carbons (Fsp3) is 0.345. The summed E-state index contributed by atoms with van der Waals surface area (Å²) in [4.78, 5) is 29.0. The fourth-order valence-corrected chi connectivity index (χ4v) is 4.57. The van der Waals surface area contributed by atoms with E-state index in [9.17, 15) is 31.5 Å². The van der Waals surface area contributed by atoms with Crippen LogP contribution in [0.25, 0.3) is 0 Å². The molecule has 1 aliphatic rings. The topological polar surface area (TPSA) is 121 Å². The van der Waals surface area contributed by atoms with E-state index in [1.165, 1.54) is 26.4 Å². The number of ether oxygens (including phenoxy) is 3. The van der Waals surface area contributed by atoms with Crippen molar-refractivity contribution in [3.63, 3.8) is 0 Å². The maximum absolute atomic E-state index is 14.6. The lowest BCUT2D eigenvalue weighted by Gasteiger charge is -2.36. The molecule has 0 radical (unpaired) electrons. The molecule has 0 spiro atoms. The van der Waals surface area contributed by atoms with Crippen molar-refractivity contribution in [2.24, 2.45) is 0 Å². The second-order valence-corrected chi connectivity index (χ2v) is 9.87. The molecule has 3 N–H and O–H groups in total. The Morgan fingerprint density at radius 3 is 2.29 bits per heavy atom. The zero-order valence-electron chi connectivity index (χ0n) is 24.4. The number of halogens is 5. The van der Waals surface area contributed by atoms with Crippen LogP contribution in [0.2, 0.25) is 0 Å². The van der Waals surface area contributed by atoms with E-state index in [1.54, 1.807) is 17.0 Å². The monoisotopic (exact) mass is 638 g/mol. The number of rotatable bonds is 12. The molecule has 2 amide bonds. The number of aromatic amines is 1. The van der Waals surface area contributed by atoms with E-state index in [0.29, 0.717) is 31.9 Å². The van der Waals surface area contributed by atoms with Gasteiger partial charge in [-0.15, -0.1) is 5.10 Å². The molecule has 3 aromatic rings. The van der Waals surface area contributed by atoms with E-state index in [2.05, 4.69) is 27.4 Å². The molecule has 11 nitrogen and oxygen atoms in total. The second-order valence-electron chi connectivity index (χ2n) is 9.87. The number of nitrogens with zero attached hydrogens (tertiary/aromatic N) is 3. The molecule has 0 bridgehead atoms. The van der Waals surface area contributed by atoms with Crippen LogP contribution in [0.1, 0.15) is 22.3 Å². The van der Waals surface area contributed by atoms with Gasteiger partial charge in [0.05, 0.1) is 37.5 Å². The third kappa shape index (κ3) is 8.41. The molecule has 4 rings (SSSR count). The Kier molecular flexibility index (Phi) is 10.5. The van der Waals surface area contributed by atoms with E-state index >= 15 is 0 Å². The lowest BCUT2D eigenvalue weighted by molar-refractivity contribution is -0.138. The van der Waals surface area contributed by atoms with Gasteiger partial charge in [0.15, 0.2) is 23.1 Å². The van der Waals surface area contributed by atoms with Crippen molar-refractivity contribution in [3.8, 4) is 17.4 Å². The first-order valence-electron chi connectivity index (χ1n) is 13.6. The number of benzene rings is 2. The second kappa shape index (κ2) is 14.3. The van der Waals surface area contributed by atoms with Gasteiger partial charge in [-0.3, -0.25) is 19.6 Å². The van der Waals surface area contributed by atoms with Gasteiger partial charge in [0.2, 0.25) is 11.8 Å². The number of nitrogens with one attached hydrogen (secondary N) is 3. The van der Waals surface area contributed by atoms with Crippen molar-refractivity contribution in [1.29, 1.82) is 0 Å². The Morgan fingerprint density at radius 1 is 1.02 bits per heavy atom. The smallest absolute Gasteiger partial charge is 0.390 e. The number of carbonyl (C=O) groups is 2. The number of carbonyl (C=O) groups excluding carboxylic acids is 2. The van der Waals surface area contributed by atoms with Crippen molar-refractivity contribution in [2.75, 3.05) is 62.5 Å². The Bertz CT molecular complexity index is 1510. The van der Waals surface area contributed by atoms with Crippen LogP contribution in [0.3, 0.4) is 0 Å². The highest BCUT2D eigenvalue weighted by Crippen LogP contribution is 2.32. The summed E-state index contributed by atoms with van der Waals surface area (Å²) in [5.74, 6) is -3.63. The predicted octanol–water partition coefficient (Wildman–Crippen LogP) is 4.74. The standard InChI is InChI=1S/C29H31F5N6O5/c1-4-24(41)35-20-13-17(40-11-9-39(10-12-40)8-7-29(32,33)34)5-6-18(20)28(42)36-23-15-25(38-37-23)45-16-19-26(30)21(43-2)14-22(44-3)27(19)31/h4-6,13-15H,1,7-12,16H2,2-3H3,(H,35,41)(H2,36,37,38,42). The van der Waals surface area contributed by atoms with Crippen LogP contribution in [-0.2, 0) is 11.4 Å². The quantitative estimate of drug-likeness (QED) is 0.192. The minimum Gasteiger partial charge on any atom is -0.494 e. The maximum Gasteiger partial charge on any atom is 0.390 e. The van der Waals surface area contributed by atoms with Gasteiger partial charge in [0, 0.05) is 50.5 Å². The van der Waals surface area contributed by atoms with Gasteiger partial charge in [-0.05, 0) is 24.3 Å². The van der Waals surface area contributed by atoms with Gasteiger partial charge >= 0.3 is 6.18 Å². The first-order chi connectivity index (χ1) is 21.4. The van der Waals surface area contributed by atoms with Gasteiger partial charge in [-0.1, -0.05) is 6.58 Å². The summed E-state index contributed by atoms with van der Waals surface area (Å²) in [6.45, 7) is 4.51. The average molecular weight is 639 g/mol. The molecule has 1 aromatic heterocycles. The molecule has 0 atom stereocenters. The van der Waals surface area contributed by atoms with Crippen LogP contribution in [0, 0.1) is 11.6 Å². The molecule has 16 heteroatoms. The minimum atomic E-state index is -4.22. The summed E-state index contributed by atoms with van der Waals surface area (Å²) < 4.78 is 82.3. The summed E-state index contributed by atoms with van der Waals surface area (Å²) >= 11 is 0. The highest BCUT2D eigenvalue weighted by Gasteiger charge is 2.29. The van der Waals surface area contributed by atoms with E-state index in [0.717, 1.165) is 12.1 Å². The van der Waals surface area contributed by atoms with Crippen LogP contribution >= 0.6 is 0 Å². The van der Waals surface area contributed by atoms with Crippen LogP contribution in [0.5, 0.6) is 17.4 Å². The lowest BCUT2D eigenvalue weighted by Crippen LogP contribution is -2.47. The molecule has 242 valence electrons. The van der Waals surface area contributed by atoms with Gasteiger partial charge < -0.3 is 29.7 Å². The minimum absolute atomic E-state index is 0.0824. The van der Waals surface area contributed by atoms with Crippen molar-refractivity contribution in [3.05, 3.63) is 65.7 Å². The van der Waals surface area contributed by atoms with Gasteiger partial charge in [-0.2, -0.15) is 13.2 Å². The summed E-state index contributed by atoms with van der Waals surface area (Å²) in [6.07, 6.45) is -4.07. The third-order valence-electron chi connectivity index (χ3n) is 6.97. The highest BCUT2D eigenvalue weighted by atomic mass is 19.4. The van der Waals surface area contributed by atoms with E-state index in [-0.39, 0.29) is 41.0 Å². The number of hydrogen-bond acceptors (Lipinski definition) is 8. The summed E-state index contributed by atoms with van der Waals surface area (Å²) in [6, 6.07) is 7.11. The van der Waals surface area contributed by atoms with Gasteiger partial charge in [0.1, 0.15) is 12.4 Å². The highest BCUT2D eigenvalue weighted by molar-refractivity contribution is 6.11. The number of amides is 2. The molecule has 0 unspecified atom stereocenters. The molecular formula is C29H31F5N6O5. The largest absolute Gasteiger partial charge is 0.494 e. The van der Waals surface area contributed by atoms with Crippen molar-refractivity contribution < 1.29 is 45.8 Å².